The van der Waals surface area contributed by atoms with Crippen molar-refractivity contribution in [2.75, 3.05) is 18.5 Å². The average Bonchev–Trinajstić information content (AvgIpc) is 3.08. The number of ether oxygens (including phenoxy) is 1. The molecule has 1 aliphatic carbocycles. The summed E-state index contributed by atoms with van der Waals surface area (Å²) in [5.41, 5.74) is -0.167. The van der Waals surface area contributed by atoms with E-state index < -0.39 is 0 Å². The molecule has 0 aromatic carbocycles. The smallest absolute Gasteiger partial charge is 0.267 e. The highest BCUT2D eigenvalue weighted by Gasteiger charge is 2.33. The summed E-state index contributed by atoms with van der Waals surface area (Å²) in [4.78, 5) is 17.0. The number of nitrogens with zero attached hydrogens (tertiary/aromatic N) is 6. The van der Waals surface area contributed by atoms with Crippen LogP contribution >= 0.6 is 11.5 Å². The van der Waals surface area contributed by atoms with Crippen LogP contribution in [0.25, 0.3) is 5.82 Å². The van der Waals surface area contributed by atoms with Gasteiger partial charge in [0.2, 0.25) is 5.13 Å². The Labute approximate surface area is 152 Å². The topological polar surface area (TPSA) is 99.8 Å². The Bertz CT molecular complexity index is 963. The van der Waals surface area contributed by atoms with E-state index in [0.717, 1.165) is 11.0 Å². The van der Waals surface area contributed by atoms with Crippen molar-refractivity contribution >= 4 is 16.7 Å². The van der Waals surface area contributed by atoms with Gasteiger partial charge in [0.15, 0.2) is 5.82 Å². The van der Waals surface area contributed by atoms with E-state index in [1.54, 1.807) is 23.1 Å². The van der Waals surface area contributed by atoms with Gasteiger partial charge in [-0.3, -0.25) is 4.79 Å². The van der Waals surface area contributed by atoms with Gasteiger partial charge in [-0.15, -0.1) is 5.10 Å². The molecular formula is C16H17N7O2S. The molecule has 0 radical (unpaired) electrons. The van der Waals surface area contributed by atoms with Crippen LogP contribution in [0.4, 0.5) is 5.13 Å². The Morgan fingerprint density at radius 1 is 1.27 bits per heavy atom. The monoisotopic (exact) mass is 371 g/mol. The molecule has 3 aromatic heterocycles. The average molecular weight is 371 g/mol. The van der Waals surface area contributed by atoms with Gasteiger partial charge in [-0.05, 0) is 25.0 Å². The lowest BCUT2D eigenvalue weighted by Crippen LogP contribution is -2.37. The molecule has 0 amide bonds. The number of rotatable bonds is 5. The van der Waals surface area contributed by atoms with E-state index in [9.17, 15) is 4.79 Å². The minimum Gasteiger partial charge on any atom is -0.377 e. The Kier molecular flexibility index (Phi) is 3.79. The molecule has 2 atom stereocenters. The SMILES string of the molecule is O=c1ccc(-n2cccn2)nn1C1COCC1Nc1nc(C2CC2)ns1. The Balaban J connectivity index is 1.41. The summed E-state index contributed by atoms with van der Waals surface area (Å²) < 4.78 is 13.1. The molecule has 1 saturated heterocycles. The molecule has 0 spiro atoms. The van der Waals surface area contributed by atoms with Gasteiger partial charge in [-0.1, -0.05) is 0 Å². The number of nitrogens with one attached hydrogen (secondary N) is 1. The summed E-state index contributed by atoms with van der Waals surface area (Å²) in [7, 11) is 0. The normalized spacial score (nSPS) is 22.6. The zero-order valence-electron chi connectivity index (χ0n) is 13.9. The fourth-order valence-corrected chi connectivity index (χ4v) is 3.77. The van der Waals surface area contributed by atoms with Crippen LogP contribution in [-0.2, 0) is 4.74 Å². The van der Waals surface area contributed by atoms with E-state index >= 15 is 0 Å². The summed E-state index contributed by atoms with van der Waals surface area (Å²) in [6.07, 6.45) is 5.81. The van der Waals surface area contributed by atoms with Gasteiger partial charge >= 0.3 is 0 Å². The summed E-state index contributed by atoms with van der Waals surface area (Å²) in [6, 6.07) is 4.68. The molecule has 5 rings (SSSR count). The molecule has 134 valence electrons. The Morgan fingerprint density at radius 2 is 2.19 bits per heavy atom. The molecular weight excluding hydrogens is 354 g/mol. The van der Waals surface area contributed by atoms with Crippen molar-refractivity contribution in [1.29, 1.82) is 0 Å². The third-order valence-corrected chi connectivity index (χ3v) is 5.27. The summed E-state index contributed by atoms with van der Waals surface area (Å²) >= 11 is 1.36. The van der Waals surface area contributed by atoms with Crippen LogP contribution in [-0.4, -0.2) is 48.2 Å². The van der Waals surface area contributed by atoms with Crippen LogP contribution in [0.3, 0.4) is 0 Å². The van der Waals surface area contributed by atoms with Gasteiger partial charge in [0.1, 0.15) is 11.9 Å². The van der Waals surface area contributed by atoms with Gasteiger partial charge in [0.25, 0.3) is 5.56 Å². The van der Waals surface area contributed by atoms with Crippen molar-refractivity contribution < 1.29 is 4.74 Å². The second kappa shape index (κ2) is 6.29. The van der Waals surface area contributed by atoms with E-state index in [2.05, 4.69) is 24.9 Å². The molecule has 1 N–H and O–H groups in total. The standard InChI is InChI=1S/C16H17N7O2S/c24-14-5-4-13(22-7-1-6-17-22)20-23(14)12-9-25-8-11(12)18-16-19-15(21-26-16)10-2-3-10/h1,4-7,10-12H,2-3,8-9H2,(H,18,19,21). The maximum atomic E-state index is 12.4. The van der Waals surface area contributed by atoms with Crippen molar-refractivity contribution in [3.8, 4) is 5.82 Å². The number of hydrogen-bond acceptors (Lipinski definition) is 8. The Hall–Kier alpha value is -2.59. The zero-order valence-corrected chi connectivity index (χ0v) is 14.7. The predicted octanol–water partition coefficient (Wildman–Crippen LogP) is 1.21. The maximum Gasteiger partial charge on any atom is 0.267 e. The first-order valence-electron chi connectivity index (χ1n) is 8.56. The van der Waals surface area contributed by atoms with Crippen molar-refractivity contribution in [2.45, 2.75) is 30.8 Å². The van der Waals surface area contributed by atoms with Crippen LogP contribution in [0.2, 0.25) is 0 Å². The molecule has 9 nitrogen and oxygen atoms in total. The second-order valence-electron chi connectivity index (χ2n) is 6.51. The molecule has 0 bridgehead atoms. The van der Waals surface area contributed by atoms with Crippen molar-refractivity contribution in [1.82, 2.24) is 28.9 Å². The van der Waals surface area contributed by atoms with Crippen molar-refractivity contribution in [2.24, 2.45) is 0 Å². The molecule has 1 saturated carbocycles. The summed E-state index contributed by atoms with van der Waals surface area (Å²) in [5, 5.41) is 12.8. The lowest BCUT2D eigenvalue weighted by atomic mass is 10.2. The van der Waals surface area contributed by atoms with Gasteiger partial charge in [-0.2, -0.15) is 9.47 Å². The van der Waals surface area contributed by atoms with Crippen LogP contribution in [0, 0.1) is 0 Å². The number of anilines is 1. The molecule has 26 heavy (non-hydrogen) atoms. The highest BCUT2D eigenvalue weighted by molar-refractivity contribution is 7.09. The Morgan fingerprint density at radius 3 is 3.00 bits per heavy atom. The first-order chi connectivity index (χ1) is 12.8. The van der Waals surface area contributed by atoms with E-state index in [1.807, 2.05) is 6.07 Å². The molecule has 2 unspecified atom stereocenters. The van der Waals surface area contributed by atoms with Crippen LogP contribution in [0.5, 0.6) is 0 Å². The molecule has 10 heteroatoms. The lowest BCUT2D eigenvalue weighted by molar-refractivity contribution is 0.182. The fourth-order valence-electron chi connectivity index (χ4n) is 3.06. The van der Waals surface area contributed by atoms with E-state index in [0.29, 0.717) is 24.9 Å². The van der Waals surface area contributed by atoms with Crippen LogP contribution in [0.1, 0.15) is 30.6 Å². The molecule has 2 aliphatic rings. The van der Waals surface area contributed by atoms with E-state index in [-0.39, 0.29) is 17.6 Å². The first kappa shape index (κ1) is 15.6. The molecule has 2 fully saturated rings. The van der Waals surface area contributed by atoms with Gasteiger partial charge in [0.05, 0.1) is 19.3 Å². The minimum absolute atomic E-state index is 0.0897. The summed E-state index contributed by atoms with van der Waals surface area (Å²) in [5.74, 6) is 2.03. The maximum absolute atomic E-state index is 12.4. The first-order valence-corrected chi connectivity index (χ1v) is 9.33. The quantitative estimate of drug-likeness (QED) is 0.719. The highest BCUT2D eigenvalue weighted by Crippen LogP contribution is 2.39. The molecule has 3 aromatic rings. The molecule has 1 aliphatic heterocycles. The predicted molar refractivity (Wildman–Crippen MR) is 94.8 cm³/mol. The zero-order chi connectivity index (χ0) is 17.5. The minimum atomic E-state index is -0.216. The lowest BCUT2D eigenvalue weighted by Gasteiger charge is -2.20. The third-order valence-electron chi connectivity index (χ3n) is 4.61. The van der Waals surface area contributed by atoms with Crippen LogP contribution < -0.4 is 10.9 Å². The largest absolute Gasteiger partial charge is 0.377 e. The van der Waals surface area contributed by atoms with Crippen molar-refractivity contribution in [3.05, 3.63) is 46.8 Å². The second-order valence-corrected chi connectivity index (χ2v) is 7.26. The summed E-state index contributed by atoms with van der Waals surface area (Å²) in [6.45, 7) is 0.907. The van der Waals surface area contributed by atoms with Gasteiger partial charge in [-0.25, -0.2) is 14.3 Å². The third kappa shape index (κ3) is 2.90. The highest BCUT2D eigenvalue weighted by atomic mass is 32.1. The van der Waals surface area contributed by atoms with Gasteiger partial charge < -0.3 is 10.1 Å². The molecule has 4 heterocycles. The van der Waals surface area contributed by atoms with Gasteiger partial charge in [0, 0.05) is 35.9 Å². The van der Waals surface area contributed by atoms with E-state index in [1.165, 1.54) is 35.1 Å². The van der Waals surface area contributed by atoms with Crippen LogP contribution in [0.15, 0.2) is 35.4 Å². The van der Waals surface area contributed by atoms with E-state index in [4.69, 9.17) is 4.74 Å². The number of hydrogen-bond donors (Lipinski definition) is 1. The number of aromatic nitrogens is 6. The van der Waals surface area contributed by atoms with Crippen molar-refractivity contribution in [3.63, 3.8) is 0 Å². The fraction of sp³-hybridized carbons (Fsp3) is 0.438.